The summed E-state index contributed by atoms with van der Waals surface area (Å²) in [7, 11) is 0. The van der Waals surface area contributed by atoms with Crippen LogP contribution in [0.2, 0.25) is 10.2 Å². The summed E-state index contributed by atoms with van der Waals surface area (Å²) < 4.78 is 37.7. The zero-order valence-electron chi connectivity index (χ0n) is 10.3. The van der Waals surface area contributed by atoms with Crippen molar-refractivity contribution in [2.45, 2.75) is 19.0 Å². The van der Waals surface area contributed by atoms with Crippen molar-refractivity contribution in [2.75, 3.05) is 13.1 Å². The van der Waals surface area contributed by atoms with Crippen LogP contribution in [-0.2, 0) is 0 Å². The summed E-state index contributed by atoms with van der Waals surface area (Å²) in [6.07, 6.45) is -3.14. The van der Waals surface area contributed by atoms with E-state index in [1.807, 2.05) is 0 Å². The molecule has 1 aromatic heterocycles. The summed E-state index contributed by atoms with van der Waals surface area (Å²) >= 11 is 11.6. The van der Waals surface area contributed by atoms with Crippen molar-refractivity contribution in [1.29, 1.82) is 0 Å². The van der Waals surface area contributed by atoms with Crippen LogP contribution in [0.15, 0.2) is 12.3 Å². The number of pyridine rings is 1. The maximum Gasteiger partial charge on any atom is 0.391 e. The van der Waals surface area contributed by atoms with Crippen LogP contribution in [0.25, 0.3) is 0 Å². The van der Waals surface area contributed by atoms with Crippen molar-refractivity contribution in [1.82, 2.24) is 9.88 Å². The molecule has 1 aromatic rings. The van der Waals surface area contributed by atoms with E-state index >= 15 is 0 Å². The van der Waals surface area contributed by atoms with E-state index in [1.165, 1.54) is 17.2 Å². The van der Waals surface area contributed by atoms with Gasteiger partial charge in [0, 0.05) is 19.3 Å². The van der Waals surface area contributed by atoms with E-state index in [0.717, 1.165) is 0 Å². The topological polar surface area (TPSA) is 33.2 Å². The third-order valence-electron chi connectivity index (χ3n) is 3.30. The highest BCUT2D eigenvalue weighted by Gasteiger charge is 2.41. The smallest absolute Gasteiger partial charge is 0.339 e. The number of nitrogens with zero attached hydrogens (tertiary/aromatic N) is 2. The minimum absolute atomic E-state index is 0.0548. The molecule has 0 saturated carbocycles. The quantitative estimate of drug-likeness (QED) is 0.735. The Hall–Kier alpha value is -1.01. The first-order valence-electron chi connectivity index (χ1n) is 5.96. The molecule has 1 fully saturated rings. The first-order chi connectivity index (χ1) is 9.29. The molecule has 0 atom stereocenters. The molecule has 1 aliphatic heterocycles. The lowest BCUT2D eigenvalue weighted by Crippen LogP contribution is -2.42. The lowest BCUT2D eigenvalue weighted by molar-refractivity contribution is -0.183. The number of amides is 1. The zero-order valence-corrected chi connectivity index (χ0v) is 11.8. The summed E-state index contributed by atoms with van der Waals surface area (Å²) in [6, 6.07) is 1.32. The van der Waals surface area contributed by atoms with Crippen molar-refractivity contribution < 1.29 is 18.0 Å². The second kappa shape index (κ2) is 5.77. The number of rotatable bonds is 1. The van der Waals surface area contributed by atoms with E-state index in [2.05, 4.69) is 4.98 Å². The molecule has 1 aliphatic rings. The van der Waals surface area contributed by atoms with Crippen molar-refractivity contribution in [2.24, 2.45) is 5.92 Å². The van der Waals surface area contributed by atoms with Crippen LogP contribution in [0, 0.1) is 5.92 Å². The summed E-state index contributed by atoms with van der Waals surface area (Å²) in [5.74, 6) is -1.76. The lowest BCUT2D eigenvalue weighted by Gasteiger charge is -2.33. The molecule has 8 heteroatoms. The van der Waals surface area contributed by atoms with Crippen molar-refractivity contribution >= 4 is 29.1 Å². The van der Waals surface area contributed by atoms with Crippen LogP contribution in [0.5, 0.6) is 0 Å². The van der Waals surface area contributed by atoms with Gasteiger partial charge in [-0.05, 0) is 18.9 Å². The summed E-state index contributed by atoms with van der Waals surface area (Å²) in [5, 5.41) is 0.250. The number of hydrogen-bond donors (Lipinski definition) is 0. The Labute approximate surface area is 123 Å². The number of likely N-dealkylation sites (tertiary alicyclic amines) is 1. The maximum absolute atomic E-state index is 12.6. The number of halogens is 5. The fourth-order valence-corrected chi connectivity index (χ4v) is 2.50. The van der Waals surface area contributed by atoms with Crippen LogP contribution >= 0.6 is 23.2 Å². The van der Waals surface area contributed by atoms with E-state index in [9.17, 15) is 18.0 Å². The van der Waals surface area contributed by atoms with Gasteiger partial charge >= 0.3 is 6.18 Å². The molecular formula is C12H11Cl2F3N2O. The molecule has 0 radical (unpaired) electrons. The largest absolute Gasteiger partial charge is 0.391 e. The molecule has 0 bridgehead atoms. The fraction of sp³-hybridized carbons (Fsp3) is 0.500. The average Bonchev–Trinajstić information content (AvgIpc) is 2.40. The Bertz CT molecular complexity index is 514. The number of hydrogen-bond acceptors (Lipinski definition) is 2. The van der Waals surface area contributed by atoms with Crippen molar-refractivity contribution in [3.05, 3.63) is 28.0 Å². The second-order valence-corrected chi connectivity index (χ2v) is 5.39. The predicted octanol–water partition coefficient (Wildman–Crippen LogP) is 3.80. The lowest BCUT2D eigenvalue weighted by atomic mass is 9.96. The highest BCUT2D eigenvalue weighted by Crippen LogP contribution is 2.34. The van der Waals surface area contributed by atoms with E-state index in [0.29, 0.717) is 0 Å². The van der Waals surface area contributed by atoms with Gasteiger partial charge in [-0.2, -0.15) is 13.2 Å². The Kier molecular flexibility index (Phi) is 4.44. The SMILES string of the molecule is O=C(c1cc(Cl)ncc1Cl)N1CCC(C(F)(F)F)CC1. The molecule has 3 nitrogen and oxygen atoms in total. The molecule has 2 heterocycles. The van der Waals surface area contributed by atoms with Crippen LogP contribution < -0.4 is 0 Å². The Morgan fingerprint density at radius 1 is 1.30 bits per heavy atom. The van der Waals surface area contributed by atoms with E-state index in [1.54, 1.807) is 0 Å². The summed E-state index contributed by atoms with van der Waals surface area (Å²) in [6.45, 7) is 0.110. The van der Waals surface area contributed by atoms with Gasteiger partial charge in [-0.15, -0.1) is 0 Å². The van der Waals surface area contributed by atoms with Gasteiger partial charge in [0.25, 0.3) is 5.91 Å². The van der Waals surface area contributed by atoms with Gasteiger partial charge in [0.2, 0.25) is 0 Å². The molecule has 0 N–H and O–H groups in total. The van der Waals surface area contributed by atoms with Gasteiger partial charge in [-0.3, -0.25) is 4.79 Å². The van der Waals surface area contributed by atoms with Crippen LogP contribution in [-0.4, -0.2) is 35.1 Å². The molecule has 0 unspecified atom stereocenters. The zero-order chi connectivity index (χ0) is 14.9. The second-order valence-electron chi connectivity index (χ2n) is 4.59. The standard InChI is InChI=1S/C12H11Cl2F3N2O/c13-9-6-18-10(14)5-8(9)11(20)19-3-1-7(2-4-19)12(15,16)17/h5-7H,1-4H2. The van der Waals surface area contributed by atoms with Crippen molar-refractivity contribution in [3.8, 4) is 0 Å². The first-order valence-corrected chi connectivity index (χ1v) is 6.71. The number of aromatic nitrogens is 1. The minimum Gasteiger partial charge on any atom is -0.339 e. The van der Waals surface area contributed by atoms with Gasteiger partial charge in [0.05, 0.1) is 16.5 Å². The molecule has 1 saturated heterocycles. The molecular weight excluding hydrogens is 316 g/mol. The van der Waals surface area contributed by atoms with Gasteiger partial charge in [-0.25, -0.2) is 4.98 Å². The number of carbonyl (C=O) groups is 1. The highest BCUT2D eigenvalue weighted by atomic mass is 35.5. The third-order valence-corrected chi connectivity index (χ3v) is 3.81. The molecule has 0 aliphatic carbocycles. The van der Waals surface area contributed by atoms with Crippen molar-refractivity contribution in [3.63, 3.8) is 0 Å². The molecule has 0 aromatic carbocycles. The predicted molar refractivity (Wildman–Crippen MR) is 68.9 cm³/mol. The van der Waals surface area contributed by atoms with Crippen LogP contribution in [0.4, 0.5) is 13.2 Å². The summed E-state index contributed by atoms with van der Waals surface area (Å²) in [5.41, 5.74) is 0.164. The molecule has 110 valence electrons. The number of alkyl halides is 3. The van der Waals surface area contributed by atoms with E-state index in [4.69, 9.17) is 23.2 Å². The van der Waals surface area contributed by atoms with Gasteiger partial charge in [-0.1, -0.05) is 23.2 Å². The Balaban J connectivity index is 2.07. The van der Waals surface area contributed by atoms with Crippen LogP contribution in [0.1, 0.15) is 23.2 Å². The summed E-state index contributed by atoms with van der Waals surface area (Å²) in [4.78, 5) is 17.3. The van der Waals surface area contributed by atoms with Crippen LogP contribution in [0.3, 0.4) is 0 Å². The van der Waals surface area contributed by atoms with Gasteiger partial charge in [0.15, 0.2) is 0 Å². The fourth-order valence-electron chi connectivity index (χ4n) is 2.16. The van der Waals surface area contributed by atoms with E-state index < -0.39 is 18.0 Å². The highest BCUT2D eigenvalue weighted by molar-refractivity contribution is 6.35. The number of piperidine rings is 1. The van der Waals surface area contributed by atoms with E-state index in [-0.39, 0.29) is 41.7 Å². The average molecular weight is 327 g/mol. The Morgan fingerprint density at radius 3 is 2.45 bits per heavy atom. The van der Waals surface area contributed by atoms with Gasteiger partial charge < -0.3 is 4.90 Å². The Morgan fingerprint density at radius 2 is 1.90 bits per heavy atom. The maximum atomic E-state index is 12.6. The molecule has 0 spiro atoms. The molecule has 1 amide bonds. The third kappa shape index (κ3) is 3.35. The normalized spacial score (nSPS) is 17.4. The monoisotopic (exact) mass is 326 g/mol. The first kappa shape index (κ1) is 15.4. The minimum atomic E-state index is -4.20. The number of carbonyl (C=O) groups excluding carboxylic acids is 1. The van der Waals surface area contributed by atoms with Gasteiger partial charge in [0.1, 0.15) is 5.15 Å². The molecule has 2 rings (SSSR count). The molecule has 20 heavy (non-hydrogen) atoms.